The van der Waals surface area contributed by atoms with Crippen molar-refractivity contribution < 1.29 is 4.74 Å². The third kappa shape index (κ3) is 5.16. The Morgan fingerprint density at radius 3 is 2.59 bits per heavy atom. The highest BCUT2D eigenvalue weighted by Crippen LogP contribution is 2.17. The van der Waals surface area contributed by atoms with E-state index in [-0.39, 0.29) is 0 Å². The third-order valence-electron chi connectivity index (χ3n) is 4.77. The fourth-order valence-electron chi connectivity index (χ4n) is 3.21. The SMILES string of the molecule is CCNC(=NCc1cccc(OC)c1)NCc1c(C)nn(-c2ccccc2)c1C. The number of ether oxygens (including phenoxy) is 1. The normalized spacial score (nSPS) is 11.4. The Kier molecular flexibility index (Phi) is 6.89. The lowest BCUT2D eigenvalue weighted by molar-refractivity contribution is 0.414. The van der Waals surface area contributed by atoms with Crippen LogP contribution in [0, 0.1) is 13.8 Å². The maximum absolute atomic E-state index is 5.29. The summed E-state index contributed by atoms with van der Waals surface area (Å²) in [5.41, 5.74) is 5.50. The minimum atomic E-state index is 0.577. The average Bonchev–Trinajstić information content (AvgIpc) is 3.04. The maximum atomic E-state index is 5.29. The van der Waals surface area contributed by atoms with E-state index >= 15 is 0 Å². The first-order valence-electron chi connectivity index (χ1n) is 9.88. The lowest BCUT2D eigenvalue weighted by atomic mass is 10.2. The highest BCUT2D eigenvalue weighted by Gasteiger charge is 2.13. The number of hydrogen-bond donors (Lipinski definition) is 2. The molecule has 3 rings (SSSR count). The van der Waals surface area contributed by atoms with Crippen LogP contribution < -0.4 is 15.4 Å². The largest absolute Gasteiger partial charge is 0.497 e. The van der Waals surface area contributed by atoms with Crippen LogP contribution in [0.5, 0.6) is 5.75 Å². The van der Waals surface area contributed by atoms with E-state index in [2.05, 4.69) is 36.6 Å². The van der Waals surface area contributed by atoms with Crippen molar-refractivity contribution >= 4 is 5.96 Å². The topological polar surface area (TPSA) is 63.5 Å². The molecule has 6 heteroatoms. The van der Waals surface area contributed by atoms with Gasteiger partial charge in [0.2, 0.25) is 0 Å². The van der Waals surface area contributed by atoms with Crippen molar-refractivity contribution in [2.24, 2.45) is 4.99 Å². The molecule has 0 aliphatic heterocycles. The summed E-state index contributed by atoms with van der Waals surface area (Å²) >= 11 is 0. The second-order valence-corrected chi connectivity index (χ2v) is 6.80. The monoisotopic (exact) mass is 391 g/mol. The first-order valence-corrected chi connectivity index (χ1v) is 9.88. The fraction of sp³-hybridized carbons (Fsp3) is 0.304. The molecule has 0 bridgehead atoms. The lowest BCUT2D eigenvalue weighted by Gasteiger charge is -2.12. The van der Waals surface area contributed by atoms with Gasteiger partial charge in [0.1, 0.15) is 5.75 Å². The predicted molar refractivity (Wildman–Crippen MR) is 118 cm³/mol. The van der Waals surface area contributed by atoms with Gasteiger partial charge in [-0.2, -0.15) is 5.10 Å². The summed E-state index contributed by atoms with van der Waals surface area (Å²) in [6.07, 6.45) is 0. The van der Waals surface area contributed by atoms with Crippen molar-refractivity contribution in [1.29, 1.82) is 0 Å². The molecule has 0 amide bonds. The van der Waals surface area contributed by atoms with E-state index in [0.29, 0.717) is 13.1 Å². The molecular weight excluding hydrogens is 362 g/mol. The van der Waals surface area contributed by atoms with E-state index in [1.165, 1.54) is 5.56 Å². The molecule has 1 heterocycles. The minimum Gasteiger partial charge on any atom is -0.497 e. The molecule has 0 aliphatic carbocycles. The number of rotatable bonds is 7. The molecule has 0 saturated heterocycles. The van der Waals surface area contributed by atoms with Crippen LogP contribution >= 0.6 is 0 Å². The number of aryl methyl sites for hydroxylation is 1. The van der Waals surface area contributed by atoms with Crippen molar-refractivity contribution in [3.63, 3.8) is 0 Å². The number of guanidine groups is 1. The van der Waals surface area contributed by atoms with Gasteiger partial charge < -0.3 is 15.4 Å². The molecule has 0 saturated carbocycles. The number of nitrogens with zero attached hydrogens (tertiary/aromatic N) is 3. The molecule has 1 aromatic heterocycles. The standard InChI is InChI=1S/C23H29N5O/c1-5-24-23(25-15-19-10-9-13-21(14-19)29-4)26-16-22-17(2)27-28(18(22)3)20-11-7-6-8-12-20/h6-14H,5,15-16H2,1-4H3,(H2,24,25,26). The Morgan fingerprint density at radius 2 is 1.86 bits per heavy atom. The second-order valence-electron chi connectivity index (χ2n) is 6.80. The van der Waals surface area contributed by atoms with Gasteiger partial charge in [-0.05, 0) is 50.6 Å². The molecular formula is C23H29N5O. The van der Waals surface area contributed by atoms with Crippen LogP contribution in [0.3, 0.4) is 0 Å². The van der Waals surface area contributed by atoms with Crippen molar-refractivity contribution in [1.82, 2.24) is 20.4 Å². The Bertz CT molecular complexity index is 963. The summed E-state index contributed by atoms with van der Waals surface area (Å²) in [7, 11) is 1.67. The van der Waals surface area contributed by atoms with Crippen LogP contribution in [0.15, 0.2) is 59.6 Å². The number of hydrogen-bond acceptors (Lipinski definition) is 3. The number of methoxy groups -OCH3 is 1. The smallest absolute Gasteiger partial charge is 0.191 e. The zero-order valence-corrected chi connectivity index (χ0v) is 17.6. The summed E-state index contributed by atoms with van der Waals surface area (Å²) < 4.78 is 7.28. The number of aliphatic imine (C=N–C) groups is 1. The van der Waals surface area contributed by atoms with Crippen molar-refractivity contribution in [3.8, 4) is 11.4 Å². The highest BCUT2D eigenvalue weighted by molar-refractivity contribution is 5.79. The van der Waals surface area contributed by atoms with Crippen molar-refractivity contribution in [3.05, 3.63) is 77.1 Å². The van der Waals surface area contributed by atoms with Crippen LogP contribution in [-0.2, 0) is 13.1 Å². The zero-order valence-electron chi connectivity index (χ0n) is 17.6. The molecule has 2 N–H and O–H groups in total. The van der Waals surface area contributed by atoms with Crippen LogP contribution in [0.1, 0.15) is 29.4 Å². The van der Waals surface area contributed by atoms with Crippen LogP contribution in [0.2, 0.25) is 0 Å². The van der Waals surface area contributed by atoms with E-state index < -0.39 is 0 Å². The maximum Gasteiger partial charge on any atom is 0.191 e. The first-order chi connectivity index (χ1) is 14.1. The first kappa shape index (κ1) is 20.5. The molecule has 6 nitrogen and oxygen atoms in total. The summed E-state index contributed by atoms with van der Waals surface area (Å²) in [5.74, 6) is 1.62. The fourth-order valence-corrected chi connectivity index (χ4v) is 3.21. The molecule has 0 atom stereocenters. The van der Waals surface area contributed by atoms with Gasteiger partial charge in [-0.25, -0.2) is 9.67 Å². The molecule has 0 spiro atoms. The number of nitrogens with one attached hydrogen (secondary N) is 2. The Morgan fingerprint density at radius 1 is 1.07 bits per heavy atom. The van der Waals surface area contributed by atoms with Gasteiger partial charge in [-0.15, -0.1) is 0 Å². The molecule has 0 fully saturated rings. The van der Waals surface area contributed by atoms with Crippen LogP contribution in [0.4, 0.5) is 0 Å². The molecule has 3 aromatic rings. The molecule has 0 unspecified atom stereocenters. The molecule has 152 valence electrons. The van der Waals surface area contributed by atoms with E-state index in [1.807, 2.05) is 54.1 Å². The van der Waals surface area contributed by atoms with Gasteiger partial charge in [0.15, 0.2) is 5.96 Å². The highest BCUT2D eigenvalue weighted by atomic mass is 16.5. The molecule has 29 heavy (non-hydrogen) atoms. The van der Waals surface area contributed by atoms with Gasteiger partial charge in [0, 0.05) is 24.3 Å². The van der Waals surface area contributed by atoms with E-state index in [4.69, 9.17) is 14.8 Å². The second kappa shape index (κ2) is 9.78. The zero-order chi connectivity index (χ0) is 20.6. The summed E-state index contributed by atoms with van der Waals surface area (Å²) in [6.45, 7) is 8.24. The van der Waals surface area contributed by atoms with Gasteiger partial charge in [0.25, 0.3) is 0 Å². The van der Waals surface area contributed by atoms with E-state index in [9.17, 15) is 0 Å². The molecule has 2 aromatic carbocycles. The number of benzene rings is 2. The minimum absolute atomic E-state index is 0.577. The quantitative estimate of drug-likeness (QED) is 0.476. The van der Waals surface area contributed by atoms with Crippen molar-refractivity contribution in [2.75, 3.05) is 13.7 Å². The van der Waals surface area contributed by atoms with Gasteiger partial charge in [-0.3, -0.25) is 0 Å². The Balaban J connectivity index is 1.72. The Hall–Kier alpha value is -3.28. The Labute approximate surface area is 172 Å². The van der Waals surface area contributed by atoms with Gasteiger partial charge >= 0.3 is 0 Å². The van der Waals surface area contributed by atoms with Crippen LogP contribution in [-0.4, -0.2) is 29.4 Å². The van der Waals surface area contributed by atoms with Crippen LogP contribution in [0.25, 0.3) is 5.69 Å². The molecule has 0 radical (unpaired) electrons. The van der Waals surface area contributed by atoms with Crippen molar-refractivity contribution in [2.45, 2.75) is 33.9 Å². The number of aromatic nitrogens is 2. The third-order valence-corrected chi connectivity index (χ3v) is 4.77. The lowest BCUT2D eigenvalue weighted by Crippen LogP contribution is -2.37. The van der Waals surface area contributed by atoms with Gasteiger partial charge in [0.05, 0.1) is 25.0 Å². The average molecular weight is 392 g/mol. The summed E-state index contributed by atoms with van der Waals surface area (Å²) in [5, 5.41) is 11.5. The van der Waals surface area contributed by atoms with E-state index in [1.54, 1.807) is 7.11 Å². The summed E-state index contributed by atoms with van der Waals surface area (Å²) in [4.78, 5) is 4.71. The summed E-state index contributed by atoms with van der Waals surface area (Å²) in [6, 6.07) is 18.2. The van der Waals surface area contributed by atoms with E-state index in [0.717, 1.165) is 40.9 Å². The predicted octanol–water partition coefficient (Wildman–Crippen LogP) is 3.75. The number of para-hydroxylation sites is 1. The molecule has 0 aliphatic rings. The van der Waals surface area contributed by atoms with Gasteiger partial charge in [-0.1, -0.05) is 30.3 Å².